The molecule has 2 N–H and O–H groups in total. The minimum atomic E-state index is -0.422. The van der Waals surface area contributed by atoms with Gasteiger partial charge in [0.2, 0.25) is 0 Å². The zero-order valence-corrected chi connectivity index (χ0v) is 12.1. The third-order valence-electron chi connectivity index (χ3n) is 4.11. The largest absolute Gasteiger partial charge is 0.329 e. The van der Waals surface area contributed by atoms with Gasteiger partial charge in [-0.1, -0.05) is 0 Å². The molecule has 3 nitrogen and oxygen atoms in total. The molecule has 1 aliphatic heterocycles. The molecule has 1 aromatic carbocycles. The Labute approximate surface area is 119 Å². The van der Waals surface area contributed by atoms with Crippen molar-refractivity contribution in [3.05, 3.63) is 35.4 Å². The van der Waals surface area contributed by atoms with Crippen LogP contribution >= 0.6 is 0 Å². The number of hydrogen-bond donors (Lipinski definition) is 1. The lowest BCUT2D eigenvalue weighted by Crippen LogP contribution is -2.35. The summed E-state index contributed by atoms with van der Waals surface area (Å²) in [7, 11) is 4.03. The maximum Gasteiger partial charge on any atom is 0.128 e. The topological polar surface area (TPSA) is 32.5 Å². The first-order valence-electron chi connectivity index (χ1n) is 7.05. The number of likely N-dealkylation sites (tertiary alicyclic amines) is 1. The average Bonchev–Trinajstić information content (AvgIpc) is 2.80. The molecule has 1 heterocycles. The number of rotatable bonds is 5. The van der Waals surface area contributed by atoms with Gasteiger partial charge >= 0.3 is 0 Å². The van der Waals surface area contributed by atoms with Crippen LogP contribution in [0.25, 0.3) is 0 Å². The van der Waals surface area contributed by atoms with E-state index in [-0.39, 0.29) is 12.6 Å². The molecule has 5 heteroatoms. The molecular weight excluding hydrogens is 260 g/mol. The van der Waals surface area contributed by atoms with Gasteiger partial charge in [0.05, 0.1) is 0 Å². The molecule has 2 rings (SSSR count). The van der Waals surface area contributed by atoms with E-state index >= 15 is 0 Å². The summed E-state index contributed by atoms with van der Waals surface area (Å²) in [6.07, 6.45) is 1.14. The minimum absolute atomic E-state index is 0.277. The lowest BCUT2D eigenvalue weighted by molar-refractivity contribution is 0.207. The summed E-state index contributed by atoms with van der Waals surface area (Å²) in [5, 5.41) is 0. The summed E-state index contributed by atoms with van der Waals surface area (Å²) < 4.78 is 27.2. The van der Waals surface area contributed by atoms with Crippen molar-refractivity contribution in [2.45, 2.75) is 12.5 Å². The highest BCUT2D eigenvalue weighted by molar-refractivity contribution is 5.22. The van der Waals surface area contributed by atoms with Crippen LogP contribution in [-0.4, -0.2) is 50.1 Å². The maximum atomic E-state index is 13.9. The molecule has 0 bridgehead atoms. The first kappa shape index (κ1) is 15.4. The zero-order chi connectivity index (χ0) is 14.7. The number of likely N-dealkylation sites (N-methyl/N-ethyl adjacent to an activating group) is 1. The molecule has 1 fully saturated rings. The van der Waals surface area contributed by atoms with E-state index in [1.165, 1.54) is 12.1 Å². The smallest absolute Gasteiger partial charge is 0.128 e. The molecular formula is C15H23F2N3. The first-order chi connectivity index (χ1) is 9.51. The van der Waals surface area contributed by atoms with E-state index < -0.39 is 11.6 Å². The van der Waals surface area contributed by atoms with E-state index in [2.05, 4.69) is 11.9 Å². The number of hydrogen-bond acceptors (Lipinski definition) is 3. The highest BCUT2D eigenvalue weighted by Crippen LogP contribution is 2.25. The number of halogens is 2. The molecule has 20 heavy (non-hydrogen) atoms. The lowest BCUT2D eigenvalue weighted by Gasteiger charge is -2.30. The predicted octanol–water partition coefficient (Wildman–Crippen LogP) is 1.85. The molecule has 112 valence electrons. The molecule has 1 aromatic rings. The van der Waals surface area contributed by atoms with Crippen molar-refractivity contribution < 1.29 is 8.78 Å². The molecule has 0 amide bonds. The van der Waals surface area contributed by atoms with Gasteiger partial charge in [-0.15, -0.1) is 0 Å². The summed E-state index contributed by atoms with van der Waals surface area (Å²) in [6.45, 7) is 3.27. The molecule has 0 spiro atoms. The van der Waals surface area contributed by atoms with Crippen molar-refractivity contribution in [3.8, 4) is 0 Å². The number of nitrogens with zero attached hydrogens (tertiary/aromatic N) is 2. The van der Waals surface area contributed by atoms with Crippen molar-refractivity contribution in [2.75, 3.05) is 40.3 Å². The van der Waals surface area contributed by atoms with Gasteiger partial charge in [0.25, 0.3) is 0 Å². The quantitative estimate of drug-likeness (QED) is 0.895. The summed E-state index contributed by atoms with van der Waals surface area (Å²) >= 11 is 0. The van der Waals surface area contributed by atoms with Crippen LogP contribution in [-0.2, 0) is 0 Å². The average molecular weight is 283 g/mol. The molecule has 1 aliphatic rings. The van der Waals surface area contributed by atoms with Crippen LogP contribution in [0.5, 0.6) is 0 Å². The predicted molar refractivity (Wildman–Crippen MR) is 76.4 cm³/mol. The van der Waals surface area contributed by atoms with Gasteiger partial charge in [0.15, 0.2) is 0 Å². The highest BCUT2D eigenvalue weighted by atomic mass is 19.1. The third-order valence-corrected chi connectivity index (χ3v) is 4.11. The minimum Gasteiger partial charge on any atom is -0.329 e. The zero-order valence-electron chi connectivity index (χ0n) is 12.1. The van der Waals surface area contributed by atoms with Crippen molar-refractivity contribution >= 4 is 0 Å². The van der Waals surface area contributed by atoms with Crippen LogP contribution < -0.4 is 5.73 Å². The Hall–Kier alpha value is -1.04. The van der Waals surface area contributed by atoms with Crippen molar-refractivity contribution in [1.82, 2.24) is 9.80 Å². The standard InChI is InChI=1S/C15H23F2N3/c1-19-6-5-11(9-19)10-20(2)15(8-18)13-7-12(16)3-4-14(13)17/h3-4,7,11,15H,5-6,8-10,18H2,1-2H3. The van der Waals surface area contributed by atoms with Crippen molar-refractivity contribution in [3.63, 3.8) is 0 Å². The van der Waals surface area contributed by atoms with Gasteiger partial charge < -0.3 is 10.6 Å². The summed E-state index contributed by atoms with van der Waals surface area (Å²) in [5.41, 5.74) is 6.13. The Kier molecular flexibility index (Phi) is 5.07. The lowest BCUT2D eigenvalue weighted by atomic mass is 10.0. The molecule has 1 saturated heterocycles. The van der Waals surface area contributed by atoms with Crippen LogP contribution in [0.15, 0.2) is 18.2 Å². The molecule has 2 unspecified atom stereocenters. The fourth-order valence-corrected chi connectivity index (χ4v) is 3.02. The second-order valence-corrected chi connectivity index (χ2v) is 5.77. The monoisotopic (exact) mass is 283 g/mol. The van der Waals surface area contributed by atoms with Crippen LogP contribution in [0.1, 0.15) is 18.0 Å². The van der Waals surface area contributed by atoms with E-state index in [0.29, 0.717) is 11.5 Å². The molecule has 0 saturated carbocycles. The fraction of sp³-hybridized carbons (Fsp3) is 0.600. The molecule has 0 aliphatic carbocycles. The SMILES string of the molecule is CN1CCC(CN(C)C(CN)c2cc(F)ccc2F)C1. The van der Waals surface area contributed by atoms with Gasteiger partial charge in [0, 0.05) is 31.2 Å². The Morgan fingerprint density at radius 1 is 1.45 bits per heavy atom. The summed E-state index contributed by atoms with van der Waals surface area (Å²) in [4.78, 5) is 4.33. The third kappa shape index (κ3) is 3.53. The maximum absolute atomic E-state index is 13.9. The van der Waals surface area contributed by atoms with Crippen molar-refractivity contribution in [2.24, 2.45) is 11.7 Å². The fourth-order valence-electron chi connectivity index (χ4n) is 3.02. The Morgan fingerprint density at radius 2 is 2.20 bits per heavy atom. The molecule has 0 aromatic heterocycles. The van der Waals surface area contributed by atoms with Gasteiger partial charge in [-0.05, 0) is 51.2 Å². The highest BCUT2D eigenvalue weighted by Gasteiger charge is 2.25. The number of benzene rings is 1. The second kappa shape index (κ2) is 6.61. The summed E-state index contributed by atoms with van der Waals surface area (Å²) in [5.74, 6) is -0.248. The Bertz CT molecular complexity index is 453. The van der Waals surface area contributed by atoms with Gasteiger partial charge in [-0.3, -0.25) is 4.90 Å². The van der Waals surface area contributed by atoms with Crippen LogP contribution in [0.2, 0.25) is 0 Å². The van der Waals surface area contributed by atoms with Gasteiger partial charge in [-0.25, -0.2) is 8.78 Å². The van der Waals surface area contributed by atoms with Gasteiger partial charge in [-0.2, -0.15) is 0 Å². The van der Waals surface area contributed by atoms with E-state index in [1.54, 1.807) is 0 Å². The van der Waals surface area contributed by atoms with E-state index in [9.17, 15) is 8.78 Å². The number of nitrogens with two attached hydrogens (primary N) is 1. The first-order valence-corrected chi connectivity index (χ1v) is 7.05. The van der Waals surface area contributed by atoms with E-state index in [0.717, 1.165) is 32.1 Å². The van der Waals surface area contributed by atoms with Crippen LogP contribution in [0, 0.1) is 17.6 Å². The summed E-state index contributed by atoms with van der Waals surface area (Å²) in [6, 6.07) is 3.28. The second-order valence-electron chi connectivity index (χ2n) is 5.77. The normalized spacial score (nSPS) is 21.6. The Balaban J connectivity index is 2.08. The van der Waals surface area contributed by atoms with Gasteiger partial charge in [0.1, 0.15) is 11.6 Å². The Morgan fingerprint density at radius 3 is 2.80 bits per heavy atom. The van der Waals surface area contributed by atoms with E-state index in [4.69, 9.17) is 5.73 Å². The van der Waals surface area contributed by atoms with E-state index in [1.807, 2.05) is 11.9 Å². The van der Waals surface area contributed by atoms with Crippen LogP contribution in [0.3, 0.4) is 0 Å². The van der Waals surface area contributed by atoms with Crippen molar-refractivity contribution in [1.29, 1.82) is 0 Å². The molecule has 2 atom stereocenters. The van der Waals surface area contributed by atoms with Crippen LogP contribution in [0.4, 0.5) is 8.78 Å². The molecule has 0 radical (unpaired) electrons.